The van der Waals surface area contributed by atoms with Gasteiger partial charge in [0.1, 0.15) is 5.65 Å². The molecule has 0 atom stereocenters. The molecule has 3 heterocycles. The van der Waals surface area contributed by atoms with Crippen LogP contribution >= 0.6 is 5.51 Å². The Kier molecular flexibility index (Phi) is 7.47. The summed E-state index contributed by atoms with van der Waals surface area (Å²) in [6, 6.07) is 66.5. The first-order chi connectivity index (χ1) is 27.1. The summed E-state index contributed by atoms with van der Waals surface area (Å²) in [5, 5.41) is 12.5. The van der Waals surface area contributed by atoms with Crippen LogP contribution in [0.3, 0.4) is 0 Å². The normalized spacial score (nSPS) is 12.1. The van der Waals surface area contributed by atoms with E-state index in [1.165, 1.54) is 64.7 Å². The van der Waals surface area contributed by atoms with Crippen molar-refractivity contribution in [3.05, 3.63) is 194 Å². The first kappa shape index (κ1) is 32.3. The third kappa shape index (κ3) is 5.14. The van der Waals surface area contributed by atoms with Gasteiger partial charge in [0, 0.05) is 18.0 Å². The van der Waals surface area contributed by atoms with Crippen molar-refractivity contribution in [2.45, 2.75) is 0 Å². The summed E-state index contributed by atoms with van der Waals surface area (Å²) in [6.07, 6.45) is 3.74. The van der Waals surface area contributed by atoms with E-state index in [2.05, 4.69) is 200 Å². The number of hydrogen-bond donors (Lipinski definition) is 0. The number of fused-ring (bicyclic) bond motifs is 11. The van der Waals surface area contributed by atoms with Crippen LogP contribution < -0.4 is 15.9 Å². The molecule has 3 nitrogen and oxygen atoms in total. The van der Waals surface area contributed by atoms with Gasteiger partial charge < -0.3 is 0 Å². The van der Waals surface area contributed by atoms with Gasteiger partial charge in [-0.15, -0.1) is 0 Å². The molecule has 3 aromatic heterocycles. The Balaban J connectivity index is 1.10. The molecule has 0 bridgehead atoms. The van der Waals surface area contributed by atoms with E-state index in [1.807, 2.05) is 18.5 Å². The molecule has 0 aliphatic heterocycles. The fourth-order valence-electron chi connectivity index (χ4n) is 8.39. The van der Waals surface area contributed by atoms with Crippen molar-refractivity contribution in [3.8, 4) is 22.3 Å². The second-order valence-corrected chi connectivity index (χ2v) is 20.4. The molecule has 258 valence electrons. The van der Waals surface area contributed by atoms with Crippen LogP contribution in [0.4, 0.5) is 0 Å². The van der Waals surface area contributed by atoms with E-state index in [4.69, 9.17) is 4.98 Å². The van der Waals surface area contributed by atoms with Gasteiger partial charge in [0.05, 0.1) is 11.0 Å². The van der Waals surface area contributed by atoms with Crippen LogP contribution in [0.2, 0.25) is 0 Å². The molecule has 0 saturated carbocycles. The van der Waals surface area contributed by atoms with Crippen molar-refractivity contribution >= 4 is 96.4 Å². The number of pyridine rings is 2. The molecular formula is C50H32N3PSe. The predicted octanol–water partition coefficient (Wildman–Crippen LogP) is 11.2. The Hall–Kier alpha value is -6.15. The second kappa shape index (κ2) is 12.7. The van der Waals surface area contributed by atoms with E-state index in [9.17, 15) is 0 Å². The molecule has 11 aromatic rings. The van der Waals surface area contributed by atoms with E-state index in [1.54, 1.807) is 0 Å². The molecule has 8 aromatic carbocycles. The Morgan fingerprint density at radius 2 is 1.11 bits per heavy atom. The Labute approximate surface area is 325 Å². The molecule has 0 fully saturated rings. The first-order valence-electron chi connectivity index (χ1n) is 18.5. The van der Waals surface area contributed by atoms with Gasteiger partial charge in [0.15, 0.2) is 0 Å². The van der Waals surface area contributed by atoms with E-state index in [0.717, 1.165) is 33.3 Å². The van der Waals surface area contributed by atoms with Gasteiger partial charge in [0.2, 0.25) is 0 Å². The summed E-state index contributed by atoms with van der Waals surface area (Å²) < 4.78 is 2.36. The van der Waals surface area contributed by atoms with Crippen molar-refractivity contribution in [1.29, 1.82) is 0 Å². The minimum atomic E-state index is -1.96. The van der Waals surface area contributed by atoms with E-state index in [-0.39, 0.29) is 0 Å². The van der Waals surface area contributed by atoms with Crippen LogP contribution in [-0.2, 0) is 0 Å². The fourth-order valence-corrected chi connectivity index (χ4v) is 13.3. The van der Waals surface area contributed by atoms with Crippen LogP contribution in [0.25, 0.3) is 82.2 Å². The quantitative estimate of drug-likeness (QED) is 0.0988. The zero-order valence-electron chi connectivity index (χ0n) is 29.7. The third-order valence-electron chi connectivity index (χ3n) is 11.1. The van der Waals surface area contributed by atoms with Gasteiger partial charge in [0.25, 0.3) is 0 Å². The first-order valence-corrected chi connectivity index (χ1v) is 22.5. The van der Waals surface area contributed by atoms with Gasteiger partial charge in [-0.1, -0.05) is 42.5 Å². The van der Waals surface area contributed by atoms with E-state index >= 15 is 0 Å². The summed E-state index contributed by atoms with van der Waals surface area (Å²) >= 11 is 3.72. The zero-order chi connectivity index (χ0) is 36.5. The SMILES string of the molecule is [Se]=P(c1ccccc1)(c1ccccc1)c1ccc2cc(-c3ccc4c(c3)c3ccc5ccccc5c3c3nc5ccc(-c6cccnc6)cc5n43)ccc2c1. The maximum absolute atomic E-state index is 5.30. The van der Waals surface area contributed by atoms with Crippen LogP contribution in [0.15, 0.2) is 194 Å². The standard InChI is InChI=1S/C50H32N3PSe/c55-54(40-12-3-1-4-13-40,41-14-5-2-6-15-41)42-23-19-35-28-34(17-18-36(35)29-42)37-22-26-47-45(30-37)44-24-20-33-10-7-8-16-43(33)49(44)50-52-46-25-21-38(31-48(46)53(47)50)39-11-9-27-51-32-39/h1-32H. The summed E-state index contributed by atoms with van der Waals surface area (Å²) in [7, 11) is 0. The third-order valence-corrected chi connectivity index (χ3v) is 18.1. The van der Waals surface area contributed by atoms with Gasteiger partial charge in [-0.05, 0) is 34.5 Å². The average Bonchev–Trinajstić information content (AvgIpc) is 3.65. The molecule has 0 unspecified atom stereocenters. The molecule has 0 amide bonds. The van der Waals surface area contributed by atoms with Crippen LogP contribution in [0, 0.1) is 0 Å². The van der Waals surface area contributed by atoms with Gasteiger partial charge in [-0.25, -0.2) is 4.98 Å². The van der Waals surface area contributed by atoms with Crippen LogP contribution in [-0.4, -0.2) is 29.5 Å². The van der Waals surface area contributed by atoms with Gasteiger partial charge in [-0.2, -0.15) is 0 Å². The van der Waals surface area contributed by atoms with Crippen molar-refractivity contribution in [2.75, 3.05) is 0 Å². The molecule has 0 radical (unpaired) electrons. The molecule has 0 saturated heterocycles. The Bertz CT molecular complexity index is 3300. The molecule has 11 rings (SSSR count). The van der Waals surface area contributed by atoms with Crippen LogP contribution in [0.1, 0.15) is 0 Å². The molecular weight excluding hydrogens is 753 g/mol. The van der Waals surface area contributed by atoms with Gasteiger partial charge in [-0.3, -0.25) is 4.98 Å². The van der Waals surface area contributed by atoms with Gasteiger partial charge >= 0.3 is 206 Å². The maximum atomic E-state index is 5.30. The number of nitrogens with zero attached hydrogens (tertiary/aromatic N) is 3. The predicted molar refractivity (Wildman–Crippen MR) is 236 cm³/mol. The molecule has 0 spiro atoms. The van der Waals surface area contributed by atoms with Crippen LogP contribution in [0.5, 0.6) is 0 Å². The number of benzene rings is 8. The molecule has 5 heteroatoms. The van der Waals surface area contributed by atoms with Crippen molar-refractivity contribution in [2.24, 2.45) is 0 Å². The molecule has 0 aliphatic carbocycles. The van der Waals surface area contributed by atoms with E-state index < -0.39 is 5.51 Å². The summed E-state index contributed by atoms with van der Waals surface area (Å²) in [6.45, 7) is 0. The summed E-state index contributed by atoms with van der Waals surface area (Å²) in [5.41, 5.74) is 6.81. The topological polar surface area (TPSA) is 30.2 Å². The van der Waals surface area contributed by atoms with Crippen molar-refractivity contribution < 1.29 is 0 Å². The second-order valence-electron chi connectivity index (χ2n) is 14.2. The number of aromatic nitrogens is 3. The molecule has 55 heavy (non-hydrogen) atoms. The molecule has 0 N–H and O–H groups in total. The monoisotopic (exact) mass is 785 g/mol. The Morgan fingerprint density at radius 1 is 0.436 bits per heavy atom. The number of imidazole rings is 1. The minimum absolute atomic E-state index is 0.975. The number of rotatable bonds is 5. The summed E-state index contributed by atoms with van der Waals surface area (Å²) in [5.74, 6) is 0. The fraction of sp³-hybridized carbons (Fsp3) is 0. The molecule has 0 aliphatic rings. The Morgan fingerprint density at radius 3 is 1.91 bits per heavy atom. The van der Waals surface area contributed by atoms with Crippen molar-refractivity contribution in [1.82, 2.24) is 14.4 Å². The number of hydrogen-bond acceptors (Lipinski definition) is 2. The van der Waals surface area contributed by atoms with E-state index in [0.29, 0.717) is 0 Å². The average molecular weight is 785 g/mol. The van der Waals surface area contributed by atoms with Crippen molar-refractivity contribution in [3.63, 3.8) is 0 Å². The zero-order valence-corrected chi connectivity index (χ0v) is 32.3. The summed E-state index contributed by atoms with van der Waals surface area (Å²) in [4.78, 5) is 9.69.